The SMILES string of the molecule is C.C.CC(=O)c1ccc2c(c1)sc1c3ccc(C(C)=O)cc3sc21.CCc1ccc2c(c1)sc1c3ccc(CC)cc3sc21.CN.OCCOCCO.[K+].[OH-]. The van der Waals surface area contributed by atoms with Gasteiger partial charge in [-0.2, -0.15) is 0 Å². The van der Waals surface area contributed by atoms with Crippen LogP contribution in [0.4, 0.5) is 0 Å². The number of rotatable bonds is 8. The average molecular weight is 846 g/mol. The Bertz CT molecular complexity index is 2290. The zero-order valence-electron chi connectivity index (χ0n) is 30.9. The Morgan fingerprint density at radius 1 is 0.564 bits per heavy atom. The Kier molecular flexibility index (Phi) is 22.3. The van der Waals surface area contributed by atoms with E-state index in [2.05, 4.69) is 60.7 Å². The van der Waals surface area contributed by atoms with Crippen LogP contribution in [0.15, 0.2) is 72.8 Å². The second kappa shape index (κ2) is 24.1. The molecule has 290 valence electrons. The molecular formula is C43H52KNO6S4. The maximum atomic E-state index is 11.5. The van der Waals surface area contributed by atoms with Crippen molar-refractivity contribution in [2.75, 3.05) is 33.5 Å². The van der Waals surface area contributed by atoms with Crippen molar-refractivity contribution in [3.8, 4) is 0 Å². The number of thiophene rings is 4. The molecule has 0 aliphatic carbocycles. The van der Waals surface area contributed by atoms with Crippen LogP contribution in [0.5, 0.6) is 0 Å². The van der Waals surface area contributed by atoms with Crippen LogP contribution < -0.4 is 57.1 Å². The first-order valence-corrected chi connectivity index (χ1v) is 20.2. The topological polar surface area (TPSA) is 140 Å². The minimum atomic E-state index is 0. The van der Waals surface area contributed by atoms with E-state index in [0.717, 1.165) is 33.4 Å². The molecule has 4 heterocycles. The minimum Gasteiger partial charge on any atom is -0.870 e. The summed E-state index contributed by atoms with van der Waals surface area (Å²) in [6, 6.07) is 25.7. The van der Waals surface area contributed by atoms with Gasteiger partial charge in [0, 0.05) is 51.5 Å². The van der Waals surface area contributed by atoms with Gasteiger partial charge in [-0.25, -0.2) is 0 Å². The van der Waals surface area contributed by atoms with Crippen LogP contribution in [0.2, 0.25) is 0 Å². The monoisotopic (exact) mass is 845 g/mol. The zero-order valence-corrected chi connectivity index (χ0v) is 37.3. The molecule has 0 saturated carbocycles. The van der Waals surface area contributed by atoms with Crippen LogP contribution in [0.3, 0.4) is 0 Å². The number of ether oxygens (including phenoxy) is 1. The largest absolute Gasteiger partial charge is 1.00 e. The molecule has 8 rings (SSSR count). The molecule has 4 aromatic heterocycles. The Labute approximate surface area is 382 Å². The van der Waals surface area contributed by atoms with Crippen molar-refractivity contribution < 1.29 is 81.4 Å². The van der Waals surface area contributed by atoms with Crippen molar-refractivity contribution in [3.05, 3.63) is 95.1 Å². The standard InChI is InChI=1S/C18H12O2S2.C18H16S2.C4H10O3.CH5N.2CH4.K.H2O/c1-9(19)11-3-5-13-15(7-11)21-18-14-6-4-12(10(2)20)8-16(14)22-17(13)18;1-3-11-5-7-13-15(9-11)19-18-14-8-6-12(4-2)10-16(14)20-17(13)18;5-1-3-7-4-2-6;1-2;;;;/h3-8H,1-2H3;5-10H,3-4H2,1-2H3;5-6H,1-4H2;2H2,1H3;2*1H4;;1H2/q;;;;;;+1;/p-1. The van der Waals surface area contributed by atoms with Gasteiger partial charge < -0.3 is 26.2 Å². The zero-order chi connectivity index (χ0) is 36.7. The summed E-state index contributed by atoms with van der Waals surface area (Å²) < 4.78 is 15.2. The maximum absolute atomic E-state index is 11.5. The number of carbonyl (C=O) groups excluding carboxylic acids is 2. The van der Waals surface area contributed by atoms with Crippen LogP contribution in [0.1, 0.15) is 74.4 Å². The Morgan fingerprint density at radius 2 is 0.855 bits per heavy atom. The van der Waals surface area contributed by atoms with E-state index in [1.165, 1.54) is 67.9 Å². The number of hydrogen-bond acceptors (Lipinski definition) is 11. The predicted octanol–water partition coefficient (Wildman–Crippen LogP) is 8.73. The number of aliphatic hydroxyl groups excluding tert-OH is 2. The number of aliphatic hydroxyl groups is 2. The van der Waals surface area contributed by atoms with Crippen molar-refractivity contribution in [1.82, 2.24) is 0 Å². The first kappa shape index (κ1) is 51.0. The fourth-order valence-corrected chi connectivity index (χ4v) is 11.2. The number of Topliss-reactive ketones (excluding diaryl/α,β-unsaturated/α-hetero) is 2. The molecule has 0 spiro atoms. The summed E-state index contributed by atoms with van der Waals surface area (Å²) in [4.78, 5) is 23.1. The fourth-order valence-electron chi connectivity index (χ4n) is 5.71. The van der Waals surface area contributed by atoms with E-state index in [1.54, 1.807) is 36.5 Å². The fraction of sp³-hybridized carbons (Fsp3) is 0.302. The predicted molar refractivity (Wildman–Crippen MR) is 239 cm³/mol. The molecule has 7 nitrogen and oxygen atoms in total. The van der Waals surface area contributed by atoms with Gasteiger partial charge in [-0.3, -0.25) is 9.59 Å². The number of aryl methyl sites for hydroxylation is 2. The maximum Gasteiger partial charge on any atom is 1.00 e. The van der Waals surface area contributed by atoms with Gasteiger partial charge in [0.15, 0.2) is 11.6 Å². The van der Waals surface area contributed by atoms with Crippen molar-refractivity contribution in [1.29, 1.82) is 0 Å². The van der Waals surface area contributed by atoms with Crippen LogP contribution >= 0.6 is 45.3 Å². The molecule has 0 aliphatic heterocycles. The van der Waals surface area contributed by atoms with Crippen molar-refractivity contribution in [3.63, 3.8) is 0 Å². The van der Waals surface area contributed by atoms with Gasteiger partial charge in [0.2, 0.25) is 0 Å². The second-order valence-corrected chi connectivity index (χ2v) is 15.9. The van der Waals surface area contributed by atoms with Gasteiger partial charge >= 0.3 is 51.4 Å². The van der Waals surface area contributed by atoms with Crippen molar-refractivity contribution in [2.24, 2.45) is 5.73 Å². The third-order valence-electron chi connectivity index (χ3n) is 8.40. The normalized spacial score (nSPS) is 10.3. The van der Waals surface area contributed by atoms with Gasteiger partial charge in [-0.15, -0.1) is 45.3 Å². The Balaban J connectivity index is 0.000000429. The molecule has 0 bridgehead atoms. The quantitative estimate of drug-likeness (QED) is 0.0790. The first-order chi connectivity index (χ1) is 24.8. The number of carbonyl (C=O) groups is 2. The first-order valence-electron chi connectivity index (χ1n) is 16.9. The van der Waals surface area contributed by atoms with Gasteiger partial charge in [-0.1, -0.05) is 77.2 Å². The van der Waals surface area contributed by atoms with Crippen LogP contribution in [0.25, 0.3) is 59.1 Å². The van der Waals surface area contributed by atoms with E-state index in [4.69, 9.17) is 10.2 Å². The molecule has 0 fully saturated rings. The summed E-state index contributed by atoms with van der Waals surface area (Å²) in [7, 11) is 1.50. The van der Waals surface area contributed by atoms with E-state index >= 15 is 0 Å². The van der Waals surface area contributed by atoms with Crippen molar-refractivity contribution in [2.45, 2.75) is 55.4 Å². The third-order valence-corrected chi connectivity index (χ3v) is 13.4. The molecule has 0 atom stereocenters. The van der Waals surface area contributed by atoms with E-state index < -0.39 is 0 Å². The Morgan fingerprint density at radius 3 is 1.13 bits per heavy atom. The third kappa shape index (κ3) is 11.6. The van der Waals surface area contributed by atoms with E-state index in [1.807, 2.05) is 59.1 Å². The number of benzene rings is 4. The average Bonchev–Trinajstić information content (AvgIpc) is 3.90. The van der Waals surface area contributed by atoms with Crippen LogP contribution in [-0.4, -0.2) is 60.7 Å². The number of hydrogen-bond donors (Lipinski definition) is 3. The second-order valence-electron chi connectivity index (χ2n) is 11.7. The van der Waals surface area contributed by atoms with Gasteiger partial charge in [0.05, 0.1) is 45.2 Å². The van der Waals surface area contributed by atoms with E-state index in [0.29, 0.717) is 13.2 Å². The summed E-state index contributed by atoms with van der Waals surface area (Å²) in [6.07, 6.45) is 2.23. The van der Waals surface area contributed by atoms with Crippen LogP contribution in [-0.2, 0) is 17.6 Å². The summed E-state index contributed by atoms with van der Waals surface area (Å²) in [5.74, 6) is 0.184. The van der Waals surface area contributed by atoms with Gasteiger partial charge in [0.25, 0.3) is 0 Å². The van der Waals surface area contributed by atoms with Crippen molar-refractivity contribution >= 4 is 116 Å². The van der Waals surface area contributed by atoms with Crippen LogP contribution in [0, 0.1) is 0 Å². The summed E-state index contributed by atoms with van der Waals surface area (Å²) in [5, 5.41) is 21.4. The minimum absolute atomic E-state index is 0. The van der Waals surface area contributed by atoms with Gasteiger partial charge in [0.1, 0.15) is 0 Å². The molecule has 8 aromatic rings. The molecule has 12 heteroatoms. The molecule has 0 radical (unpaired) electrons. The summed E-state index contributed by atoms with van der Waals surface area (Å²) in [5.41, 5.74) is 8.88. The smallest absolute Gasteiger partial charge is 0.870 e. The molecular weight excluding hydrogens is 794 g/mol. The van der Waals surface area contributed by atoms with E-state index in [9.17, 15) is 9.59 Å². The molecule has 5 N–H and O–H groups in total. The summed E-state index contributed by atoms with van der Waals surface area (Å²) in [6.45, 7) is 8.32. The number of ketones is 2. The number of fused-ring (bicyclic) bond motifs is 10. The van der Waals surface area contributed by atoms with Gasteiger partial charge in [-0.05, 0) is 69.1 Å². The number of nitrogens with two attached hydrogens (primary N) is 1. The molecule has 0 unspecified atom stereocenters. The molecule has 0 amide bonds. The molecule has 55 heavy (non-hydrogen) atoms. The molecule has 0 saturated heterocycles. The Hall–Kier alpha value is -1.98. The molecule has 4 aromatic carbocycles. The summed E-state index contributed by atoms with van der Waals surface area (Å²) >= 11 is 7.34. The van der Waals surface area contributed by atoms with E-state index in [-0.39, 0.29) is 96.5 Å². The molecule has 0 aliphatic rings.